The van der Waals surface area contributed by atoms with Gasteiger partial charge in [-0.15, -0.1) is 0 Å². The summed E-state index contributed by atoms with van der Waals surface area (Å²) in [6.07, 6.45) is 8.48. The number of urea groups is 1. The van der Waals surface area contributed by atoms with Crippen LogP contribution in [-0.4, -0.2) is 61.3 Å². The fourth-order valence-corrected chi connectivity index (χ4v) is 4.44. The maximum absolute atomic E-state index is 14.5. The zero-order chi connectivity index (χ0) is 21.2. The number of pyridine rings is 1. The number of hydrogen-bond donors (Lipinski definition) is 3. The molecule has 1 aliphatic heterocycles. The Kier molecular flexibility index (Phi) is 5.35. The van der Waals surface area contributed by atoms with Gasteiger partial charge in [-0.3, -0.25) is 5.10 Å². The van der Waals surface area contributed by atoms with Gasteiger partial charge in [-0.2, -0.15) is 5.10 Å². The molecule has 3 aromatic rings. The van der Waals surface area contributed by atoms with E-state index in [2.05, 4.69) is 35.8 Å². The SMILES string of the molecule is O=C(N[C@@H]1CCC[C@H](Nc2nc(-c3[nH]nc4ncccc34)ncc2F)C1)N1CCCC1. The molecule has 2 atom stereocenters. The van der Waals surface area contributed by atoms with E-state index in [9.17, 15) is 9.18 Å². The van der Waals surface area contributed by atoms with Gasteiger partial charge >= 0.3 is 6.03 Å². The van der Waals surface area contributed by atoms with Crippen molar-refractivity contribution in [3.05, 3.63) is 30.3 Å². The second kappa shape index (κ2) is 8.44. The Morgan fingerprint density at radius 1 is 1.16 bits per heavy atom. The lowest BCUT2D eigenvalue weighted by Crippen LogP contribution is -2.47. The van der Waals surface area contributed by atoms with Crippen LogP contribution in [0, 0.1) is 5.82 Å². The summed E-state index contributed by atoms with van der Waals surface area (Å²) in [7, 11) is 0. The summed E-state index contributed by atoms with van der Waals surface area (Å²) < 4.78 is 14.5. The van der Waals surface area contributed by atoms with E-state index in [0.29, 0.717) is 17.2 Å². The van der Waals surface area contributed by atoms with Gasteiger partial charge in [0.05, 0.1) is 6.20 Å². The Morgan fingerprint density at radius 2 is 2.00 bits per heavy atom. The number of amides is 2. The summed E-state index contributed by atoms with van der Waals surface area (Å²) in [5, 5.41) is 14.2. The molecule has 0 unspecified atom stereocenters. The van der Waals surface area contributed by atoms with Gasteiger partial charge in [-0.05, 0) is 50.7 Å². The minimum absolute atomic E-state index is 0.0124. The number of rotatable bonds is 4. The molecule has 31 heavy (non-hydrogen) atoms. The first kappa shape index (κ1) is 19.7. The second-order valence-corrected chi connectivity index (χ2v) is 8.21. The predicted octanol–water partition coefficient (Wildman–Crippen LogP) is 3.08. The molecular weight excluding hydrogens is 399 g/mol. The summed E-state index contributed by atoms with van der Waals surface area (Å²) in [6, 6.07) is 3.79. The van der Waals surface area contributed by atoms with E-state index >= 15 is 0 Å². The summed E-state index contributed by atoms with van der Waals surface area (Å²) in [4.78, 5) is 27.0. The molecule has 4 heterocycles. The Morgan fingerprint density at radius 3 is 2.87 bits per heavy atom. The monoisotopic (exact) mass is 424 g/mol. The zero-order valence-corrected chi connectivity index (χ0v) is 17.1. The average molecular weight is 424 g/mol. The molecule has 1 saturated heterocycles. The van der Waals surface area contributed by atoms with Crippen LogP contribution in [0.1, 0.15) is 38.5 Å². The number of nitrogens with zero attached hydrogens (tertiary/aromatic N) is 5. The molecule has 2 aliphatic rings. The Hall–Kier alpha value is -3.30. The number of carbonyl (C=O) groups excluding carboxylic acids is 1. The van der Waals surface area contributed by atoms with E-state index in [4.69, 9.17) is 0 Å². The van der Waals surface area contributed by atoms with Gasteiger partial charge in [-0.25, -0.2) is 24.1 Å². The van der Waals surface area contributed by atoms with Crippen LogP contribution in [0.25, 0.3) is 22.6 Å². The van der Waals surface area contributed by atoms with Gasteiger partial charge < -0.3 is 15.5 Å². The first-order valence-corrected chi connectivity index (χ1v) is 10.8. The highest BCUT2D eigenvalue weighted by Gasteiger charge is 2.27. The van der Waals surface area contributed by atoms with Crippen LogP contribution in [0.15, 0.2) is 24.5 Å². The van der Waals surface area contributed by atoms with Crippen molar-refractivity contribution >= 4 is 22.9 Å². The Bertz CT molecular complexity index is 1080. The van der Waals surface area contributed by atoms with Crippen molar-refractivity contribution in [3.63, 3.8) is 0 Å². The largest absolute Gasteiger partial charge is 0.365 e. The van der Waals surface area contributed by atoms with Gasteiger partial charge in [-0.1, -0.05) is 0 Å². The van der Waals surface area contributed by atoms with Gasteiger partial charge in [0.15, 0.2) is 23.1 Å². The van der Waals surface area contributed by atoms with Crippen LogP contribution < -0.4 is 10.6 Å². The summed E-state index contributed by atoms with van der Waals surface area (Å²) in [5.74, 6) is 0.0103. The molecule has 2 fully saturated rings. The fourth-order valence-electron chi connectivity index (χ4n) is 4.44. The predicted molar refractivity (Wildman–Crippen MR) is 114 cm³/mol. The fraction of sp³-hybridized carbons (Fsp3) is 0.476. The quantitative estimate of drug-likeness (QED) is 0.593. The summed E-state index contributed by atoms with van der Waals surface area (Å²) >= 11 is 0. The minimum Gasteiger partial charge on any atom is -0.365 e. The molecule has 0 aromatic carbocycles. The molecular formula is C21H25FN8O. The smallest absolute Gasteiger partial charge is 0.317 e. The number of likely N-dealkylation sites (tertiary alicyclic amines) is 1. The molecule has 1 saturated carbocycles. The zero-order valence-electron chi connectivity index (χ0n) is 17.1. The molecule has 3 aromatic heterocycles. The van der Waals surface area contributed by atoms with Crippen molar-refractivity contribution < 1.29 is 9.18 Å². The maximum atomic E-state index is 14.5. The molecule has 3 N–H and O–H groups in total. The van der Waals surface area contributed by atoms with Crippen LogP contribution in [-0.2, 0) is 0 Å². The van der Waals surface area contributed by atoms with Crippen molar-refractivity contribution in [1.82, 2.24) is 35.4 Å². The van der Waals surface area contributed by atoms with Crippen LogP contribution in [0.4, 0.5) is 15.0 Å². The minimum atomic E-state index is -0.506. The molecule has 162 valence electrons. The van der Waals surface area contributed by atoms with Gasteiger partial charge in [0, 0.05) is 36.8 Å². The maximum Gasteiger partial charge on any atom is 0.317 e. The van der Waals surface area contributed by atoms with E-state index in [1.54, 1.807) is 6.20 Å². The average Bonchev–Trinajstić information content (AvgIpc) is 3.46. The topological polar surface area (TPSA) is 112 Å². The van der Waals surface area contributed by atoms with E-state index < -0.39 is 5.82 Å². The van der Waals surface area contributed by atoms with E-state index in [1.807, 2.05) is 17.0 Å². The van der Waals surface area contributed by atoms with E-state index in [-0.39, 0.29) is 23.9 Å². The third-order valence-electron chi connectivity index (χ3n) is 6.03. The number of halogens is 1. The number of fused-ring (bicyclic) bond motifs is 1. The van der Waals surface area contributed by atoms with E-state index in [0.717, 1.165) is 57.0 Å². The number of anilines is 1. The highest BCUT2D eigenvalue weighted by Crippen LogP contribution is 2.26. The molecule has 10 heteroatoms. The number of aromatic amines is 1. The molecule has 9 nitrogen and oxygen atoms in total. The lowest BCUT2D eigenvalue weighted by molar-refractivity contribution is 0.199. The van der Waals surface area contributed by atoms with Gasteiger partial charge in [0.25, 0.3) is 0 Å². The highest BCUT2D eigenvalue weighted by molar-refractivity contribution is 5.88. The van der Waals surface area contributed by atoms with Crippen molar-refractivity contribution in [2.24, 2.45) is 0 Å². The van der Waals surface area contributed by atoms with Crippen molar-refractivity contribution in [2.75, 3.05) is 18.4 Å². The van der Waals surface area contributed by atoms with Crippen molar-refractivity contribution in [2.45, 2.75) is 50.6 Å². The van der Waals surface area contributed by atoms with Crippen LogP contribution in [0.5, 0.6) is 0 Å². The highest BCUT2D eigenvalue weighted by atomic mass is 19.1. The number of carbonyl (C=O) groups is 1. The van der Waals surface area contributed by atoms with Gasteiger partial charge in [0.2, 0.25) is 0 Å². The van der Waals surface area contributed by atoms with E-state index in [1.165, 1.54) is 6.20 Å². The standard InChI is InChI=1S/C21H25FN8O/c22-16-12-24-20(17-15-7-4-8-23-18(15)29-28-17)27-19(16)25-13-5-3-6-14(11-13)26-21(31)30-9-1-2-10-30/h4,7-8,12-14H,1-3,5-6,9-11H2,(H,26,31)(H,23,28,29)(H,24,25,27)/t13-,14+/m0/s1. The van der Waals surface area contributed by atoms with Crippen LogP contribution in [0.3, 0.4) is 0 Å². The Balaban J connectivity index is 1.29. The van der Waals surface area contributed by atoms with Gasteiger partial charge in [0.1, 0.15) is 5.69 Å². The summed E-state index contributed by atoms with van der Waals surface area (Å²) in [6.45, 7) is 1.65. The number of hydrogen-bond acceptors (Lipinski definition) is 6. The van der Waals surface area contributed by atoms with Crippen molar-refractivity contribution in [3.8, 4) is 11.5 Å². The Labute approximate surface area is 178 Å². The summed E-state index contributed by atoms with van der Waals surface area (Å²) in [5.41, 5.74) is 1.16. The lowest BCUT2D eigenvalue weighted by atomic mass is 9.91. The normalized spacial score (nSPS) is 21.4. The lowest BCUT2D eigenvalue weighted by Gasteiger charge is -2.32. The second-order valence-electron chi connectivity index (χ2n) is 8.21. The number of H-pyrrole nitrogens is 1. The van der Waals surface area contributed by atoms with Crippen LogP contribution >= 0.6 is 0 Å². The molecule has 0 bridgehead atoms. The van der Waals surface area contributed by atoms with Crippen LogP contribution in [0.2, 0.25) is 0 Å². The van der Waals surface area contributed by atoms with Crippen molar-refractivity contribution in [1.29, 1.82) is 0 Å². The molecule has 2 amide bonds. The molecule has 0 spiro atoms. The molecule has 5 rings (SSSR count). The third kappa shape index (κ3) is 4.14. The number of nitrogens with one attached hydrogen (secondary N) is 3. The molecule has 0 radical (unpaired) electrons. The third-order valence-corrected chi connectivity index (χ3v) is 6.03. The first-order chi connectivity index (χ1) is 15.2. The first-order valence-electron chi connectivity index (χ1n) is 10.8. The molecule has 1 aliphatic carbocycles. The number of aromatic nitrogens is 5.